The summed E-state index contributed by atoms with van der Waals surface area (Å²) in [7, 11) is 0. The molecule has 0 saturated carbocycles. The fourth-order valence-corrected chi connectivity index (χ4v) is 3.66. The predicted molar refractivity (Wildman–Crippen MR) is 127 cm³/mol. The minimum Gasteiger partial charge on any atom is -0.489 e. The van der Waals surface area contributed by atoms with E-state index >= 15 is 0 Å². The maximum absolute atomic E-state index is 10.8. The van der Waals surface area contributed by atoms with Crippen LogP contribution in [0.3, 0.4) is 0 Å². The van der Waals surface area contributed by atoms with Crippen molar-refractivity contribution in [2.45, 2.75) is 52.6 Å². The molecule has 0 amide bonds. The fourth-order valence-electron chi connectivity index (χ4n) is 3.66. The normalized spacial score (nSPS) is 12.3. The van der Waals surface area contributed by atoms with Crippen LogP contribution in [0.1, 0.15) is 47.3 Å². The van der Waals surface area contributed by atoms with Crippen LogP contribution >= 0.6 is 0 Å². The molecule has 0 unspecified atom stereocenters. The summed E-state index contributed by atoms with van der Waals surface area (Å²) in [6.07, 6.45) is 0.576. The minimum absolute atomic E-state index is 0.340. The smallest absolute Gasteiger partial charge is 0.150 e. The molecule has 168 valence electrons. The van der Waals surface area contributed by atoms with Crippen molar-refractivity contribution in [1.29, 1.82) is 0 Å². The van der Waals surface area contributed by atoms with Gasteiger partial charge in [-0.1, -0.05) is 24.3 Å². The molecule has 3 aromatic rings. The average Bonchev–Trinajstić information content (AvgIpc) is 2.72. The van der Waals surface area contributed by atoms with Gasteiger partial charge in [-0.05, 0) is 91.9 Å². The Hall–Kier alpha value is -3.15. The van der Waals surface area contributed by atoms with E-state index in [1.54, 1.807) is 38.1 Å². The lowest BCUT2D eigenvalue weighted by molar-refractivity contribution is 0.0289. The summed E-state index contributed by atoms with van der Waals surface area (Å²) in [5, 5.41) is 9.93. The maximum atomic E-state index is 10.8. The van der Waals surface area contributed by atoms with Crippen molar-refractivity contribution < 1.29 is 19.4 Å². The van der Waals surface area contributed by atoms with Crippen LogP contribution in [-0.2, 0) is 6.61 Å². The van der Waals surface area contributed by atoms with Crippen molar-refractivity contribution in [1.82, 2.24) is 0 Å². The van der Waals surface area contributed by atoms with E-state index in [0.717, 1.165) is 39.9 Å². The van der Waals surface area contributed by atoms with Crippen LogP contribution < -0.4 is 15.2 Å². The van der Waals surface area contributed by atoms with Crippen molar-refractivity contribution >= 4 is 6.29 Å². The van der Waals surface area contributed by atoms with Gasteiger partial charge < -0.3 is 14.6 Å². The van der Waals surface area contributed by atoms with E-state index in [0.29, 0.717) is 24.3 Å². The first-order valence-corrected chi connectivity index (χ1v) is 10.7. The quantitative estimate of drug-likeness (QED) is 0.359. The van der Waals surface area contributed by atoms with Gasteiger partial charge in [0.15, 0.2) is 0 Å². The van der Waals surface area contributed by atoms with Crippen LogP contribution in [0.5, 0.6) is 11.5 Å². The summed E-state index contributed by atoms with van der Waals surface area (Å²) < 4.78 is 11.7. The Morgan fingerprint density at radius 2 is 1.69 bits per heavy atom. The first-order valence-electron chi connectivity index (χ1n) is 10.7. The lowest BCUT2D eigenvalue weighted by Gasteiger charge is -2.23. The van der Waals surface area contributed by atoms with Gasteiger partial charge in [0, 0.05) is 12.0 Å². The summed E-state index contributed by atoms with van der Waals surface area (Å²) in [5.41, 5.74) is 11.3. The molecule has 5 heteroatoms. The molecule has 0 heterocycles. The number of hydrogen-bond acceptors (Lipinski definition) is 5. The molecule has 5 nitrogen and oxygen atoms in total. The molecule has 3 aromatic carbocycles. The summed E-state index contributed by atoms with van der Waals surface area (Å²) in [6.45, 7) is 7.99. The molecule has 0 spiro atoms. The standard InChI is InChI=1S/C27H31NO4/c1-18-14-23(32-26(28)15-27(3,4)30)12-13-24(18)25-7-5-6-21(19(25)2)17-31-22-10-8-20(16-29)9-11-22/h5-14,16,26,30H,15,17,28H2,1-4H3/t26-/m1/s1. The Bertz CT molecular complexity index is 1070. The third kappa shape index (κ3) is 6.19. The molecular weight excluding hydrogens is 402 g/mol. The lowest BCUT2D eigenvalue weighted by Crippen LogP contribution is -2.36. The van der Waals surface area contributed by atoms with E-state index in [1.807, 2.05) is 31.2 Å². The molecule has 0 radical (unpaired) electrons. The molecule has 0 saturated heterocycles. The zero-order valence-corrected chi connectivity index (χ0v) is 19.1. The second kappa shape index (κ2) is 9.98. The SMILES string of the molecule is Cc1cc(O[C@@H](N)CC(C)(C)O)ccc1-c1cccc(COc2ccc(C=O)cc2)c1C. The third-order valence-corrected chi connectivity index (χ3v) is 5.33. The zero-order valence-electron chi connectivity index (χ0n) is 19.1. The number of carbonyl (C=O) groups is 1. The Morgan fingerprint density at radius 1 is 1.00 bits per heavy atom. The maximum Gasteiger partial charge on any atom is 0.150 e. The molecule has 0 aliphatic carbocycles. The van der Waals surface area contributed by atoms with Crippen LogP contribution in [0, 0.1) is 13.8 Å². The van der Waals surface area contributed by atoms with E-state index in [1.165, 1.54) is 0 Å². The van der Waals surface area contributed by atoms with E-state index in [2.05, 4.69) is 19.1 Å². The number of nitrogens with two attached hydrogens (primary N) is 1. The van der Waals surface area contributed by atoms with Gasteiger partial charge in [-0.25, -0.2) is 0 Å². The number of benzene rings is 3. The first-order chi connectivity index (χ1) is 15.2. The van der Waals surface area contributed by atoms with Crippen LogP contribution in [-0.4, -0.2) is 23.2 Å². The van der Waals surface area contributed by atoms with Crippen molar-refractivity contribution in [2.24, 2.45) is 5.73 Å². The van der Waals surface area contributed by atoms with Gasteiger partial charge in [0.25, 0.3) is 0 Å². The number of rotatable bonds is 9. The molecular formula is C27H31NO4. The molecule has 32 heavy (non-hydrogen) atoms. The number of aliphatic hydroxyl groups is 1. The zero-order chi connectivity index (χ0) is 23.3. The summed E-state index contributed by atoms with van der Waals surface area (Å²) in [6, 6.07) is 19.2. The number of carbonyl (C=O) groups excluding carboxylic acids is 1. The van der Waals surface area contributed by atoms with Crippen LogP contribution in [0.4, 0.5) is 0 Å². The van der Waals surface area contributed by atoms with Crippen molar-refractivity contribution in [3.05, 3.63) is 82.9 Å². The second-order valence-corrected chi connectivity index (χ2v) is 8.71. The van der Waals surface area contributed by atoms with E-state index in [9.17, 15) is 9.90 Å². The summed E-state index contributed by atoms with van der Waals surface area (Å²) >= 11 is 0. The lowest BCUT2D eigenvalue weighted by atomic mass is 9.93. The van der Waals surface area contributed by atoms with Crippen molar-refractivity contribution in [3.63, 3.8) is 0 Å². The van der Waals surface area contributed by atoms with E-state index < -0.39 is 11.8 Å². The molecule has 0 bridgehead atoms. The molecule has 0 fully saturated rings. The van der Waals surface area contributed by atoms with Gasteiger partial charge in [0.1, 0.15) is 30.6 Å². The van der Waals surface area contributed by atoms with Gasteiger partial charge in [0.05, 0.1) is 5.60 Å². The first kappa shape index (κ1) is 23.5. The van der Waals surface area contributed by atoms with Gasteiger partial charge in [0.2, 0.25) is 0 Å². The summed E-state index contributed by atoms with van der Waals surface area (Å²) in [4.78, 5) is 10.8. The largest absolute Gasteiger partial charge is 0.489 e. The number of ether oxygens (including phenoxy) is 2. The van der Waals surface area contributed by atoms with Gasteiger partial charge in [-0.15, -0.1) is 0 Å². The number of aryl methyl sites for hydroxylation is 1. The Morgan fingerprint density at radius 3 is 2.31 bits per heavy atom. The van der Waals surface area contributed by atoms with Gasteiger partial charge in [-0.2, -0.15) is 0 Å². The van der Waals surface area contributed by atoms with Gasteiger partial charge >= 0.3 is 0 Å². The molecule has 3 N–H and O–H groups in total. The molecule has 0 aliphatic heterocycles. The highest BCUT2D eigenvalue weighted by Crippen LogP contribution is 2.31. The molecule has 3 rings (SSSR count). The monoisotopic (exact) mass is 433 g/mol. The topological polar surface area (TPSA) is 81.8 Å². The number of aldehydes is 1. The second-order valence-electron chi connectivity index (χ2n) is 8.71. The average molecular weight is 434 g/mol. The Balaban J connectivity index is 1.75. The number of hydrogen-bond donors (Lipinski definition) is 2. The third-order valence-electron chi connectivity index (χ3n) is 5.33. The fraction of sp³-hybridized carbons (Fsp3) is 0.296. The predicted octanol–water partition coefficient (Wildman–Crippen LogP) is 5.19. The van der Waals surface area contributed by atoms with Crippen LogP contribution in [0.25, 0.3) is 11.1 Å². The molecule has 1 atom stereocenters. The highest BCUT2D eigenvalue weighted by Gasteiger charge is 2.19. The highest BCUT2D eigenvalue weighted by molar-refractivity contribution is 5.75. The van der Waals surface area contributed by atoms with Crippen LogP contribution in [0.15, 0.2) is 60.7 Å². The van der Waals surface area contributed by atoms with Crippen molar-refractivity contribution in [3.8, 4) is 22.6 Å². The Labute approximate surface area is 189 Å². The Kier molecular flexibility index (Phi) is 7.33. The highest BCUT2D eigenvalue weighted by atomic mass is 16.5. The van der Waals surface area contributed by atoms with Crippen LogP contribution in [0.2, 0.25) is 0 Å². The molecule has 0 aromatic heterocycles. The van der Waals surface area contributed by atoms with Crippen molar-refractivity contribution in [2.75, 3.05) is 0 Å². The minimum atomic E-state index is -0.884. The van der Waals surface area contributed by atoms with E-state index in [-0.39, 0.29) is 0 Å². The van der Waals surface area contributed by atoms with E-state index in [4.69, 9.17) is 15.2 Å². The molecule has 0 aliphatic rings. The summed E-state index contributed by atoms with van der Waals surface area (Å²) in [5.74, 6) is 1.40. The van der Waals surface area contributed by atoms with Gasteiger partial charge in [-0.3, -0.25) is 10.5 Å².